The number of rotatable bonds is 5. The summed E-state index contributed by atoms with van der Waals surface area (Å²) in [6.07, 6.45) is 3.62. The molecule has 5 aromatic heterocycles. The molecule has 0 aliphatic heterocycles. The highest BCUT2D eigenvalue weighted by molar-refractivity contribution is 6.24. The first-order valence-corrected chi connectivity index (χ1v) is 18.9. The minimum Gasteiger partial charge on any atom is -0.309 e. The van der Waals surface area contributed by atoms with Crippen molar-refractivity contribution >= 4 is 59.9 Å². The highest BCUT2D eigenvalue weighted by Crippen LogP contribution is 2.43. The maximum Gasteiger partial charge on any atom is 0.160 e. The van der Waals surface area contributed by atoms with Crippen LogP contribution in [-0.4, -0.2) is 23.9 Å². The lowest BCUT2D eigenvalue weighted by molar-refractivity contribution is 1.17. The van der Waals surface area contributed by atoms with E-state index < -0.39 is 0 Å². The van der Waals surface area contributed by atoms with Crippen molar-refractivity contribution < 1.29 is 0 Å². The fourth-order valence-electron chi connectivity index (χ4n) is 8.82. The van der Waals surface area contributed by atoms with Gasteiger partial charge in [0.25, 0.3) is 0 Å². The van der Waals surface area contributed by atoms with Gasteiger partial charge in [-0.05, 0) is 96.1 Å². The minimum absolute atomic E-state index is 0.681. The highest BCUT2D eigenvalue weighted by atomic mass is 15.0. The average Bonchev–Trinajstić information content (AvgIpc) is 3.91. The molecule has 12 rings (SSSR count). The van der Waals surface area contributed by atoms with Crippen LogP contribution in [0.5, 0.6) is 0 Å². The lowest BCUT2D eigenvalue weighted by Gasteiger charge is -2.10. The maximum atomic E-state index is 5.17. The zero-order valence-corrected chi connectivity index (χ0v) is 30.1. The molecule has 12 aromatic rings. The molecular weight excluding hydrogens is 683 g/mol. The standard InChI is InChI=1S/C51H31N5/c1-3-11-32(12-4-1)44-31-45(33-23-25-52-26-24-33)54-51(53-44)35-20-22-49-41(28-35)40-27-34(19-21-48(40)55(49)37-13-5-2-6-14-37)36-29-42-38-15-7-9-17-46(38)56-47-18-10-8-16-39(47)43(30-36)50(42)56/h1-31H. The molecule has 7 aromatic carbocycles. The third-order valence-electron chi connectivity index (χ3n) is 11.3. The summed E-state index contributed by atoms with van der Waals surface area (Å²) in [5, 5.41) is 7.43. The topological polar surface area (TPSA) is 48.0 Å². The van der Waals surface area contributed by atoms with Gasteiger partial charge < -0.3 is 8.97 Å². The monoisotopic (exact) mass is 713 g/mol. The molecule has 0 radical (unpaired) electrons. The fourth-order valence-corrected chi connectivity index (χ4v) is 8.82. The number of para-hydroxylation sites is 3. The molecule has 0 fully saturated rings. The van der Waals surface area contributed by atoms with E-state index in [0.29, 0.717) is 5.82 Å². The molecule has 5 heterocycles. The number of fused-ring (bicyclic) bond motifs is 9. The van der Waals surface area contributed by atoms with Gasteiger partial charge in [-0.1, -0.05) is 91.0 Å². The van der Waals surface area contributed by atoms with Crippen molar-refractivity contribution in [1.29, 1.82) is 0 Å². The first kappa shape index (κ1) is 30.8. The van der Waals surface area contributed by atoms with Gasteiger partial charge in [0.05, 0.1) is 39.0 Å². The van der Waals surface area contributed by atoms with Gasteiger partial charge in [0.15, 0.2) is 5.82 Å². The largest absolute Gasteiger partial charge is 0.309 e. The molecule has 260 valence electrons. The van der Waals surface area contributed by atoms with Crippen molar-refractivity contribution in [3.8, 4) is 50.7 Å². The summed E-state index contributed by atoms with van der Waals surface area (Å²) in [6, 6.07) is 62.9. The molecule has 0 unspecified atom stereocenters. The molecule has 0 saturated carbocycles. The van der Waals surface area contributed by atoms with Crippen molar-refractivity contribution in [2.24, 2.45) is 0 Å². The first-order chi connectivity index (χ1) is 27.8. The molecule has 0 saturated heterocycles. The average molecular weight is 714 g/mol. The third-order valence-corrected chi connectivity index (χ3v) is 11.3. The van der Waals surface area contributed by atoms with Gasteiger partial charge in [-0.3, -0.25) is 4.98 Å². The second-order valence-corrected chi connectivity index (χ2v) is 14.5. The van der Waals surface area contributed by atoms with Crippen molar-refractivity contribution in [1.82, 2.24) is 23.9 Å². The summed E-state index contributed by atoms with van der Waals surface area (Å²) in [5.41, 5.74) is 14.3. The normalized spacial score (nSPS) is 11.9. The Kier molecular flexibility index (Phi) is 6.56. The SMILES string of the molecule is c1ccc(-c2cc(-c3ccncc3)nc(-c3ccc4c(c3)c3cc(-c5cc6c7ccccc7n7c8ccccc8c(c5)c67)ccc3n4-c3ccccc3)n2)cc1. The van der Waals surface area contributed by atoms with Crippen LogP contribution in [0, 0.1) is 0 Å². The van der Waals surface area contributed by atoms with Crippen LogP contribution in [0.2, 0.25) is 0 Å². The number of hydrogen-bond donors (Lipinski definition) is 0. The van der Waals surface area contributed by atoms with Crippen LogP contribution >= 0.6 is 0 Å². The predicted octanol–water partition coefficient (Wildman–Crippen LogP) is 12.8. The third kappa shape index (κ3) is 4.58. The van der Waals surface area contributed by atoms with E-state index in [4.69, 9.17) is 9.97 Å². The summed E-state index contributed by atoms with van der Waals surface area (Å²) < 4.78 is 4.81. The number of hydrogen-bond acceptors (Lipinski definition) is 3. The van der Waals surface area contributed by atoms with E-state index in [1.165, 1.54) is 54.6 Å². The van der Waals surface area contributed by atoms with Gasteiger partial charge in [0, 0.05) is 67.1 Å². The van der Waals surface area contributed by atoms with E-state index in [1.54, 1.807) is 0 Å². The second-order valence-electron chi connectivity index (χ2n) is 14.5. The van der Waals surface area contributed by atoms with Crippen molar-refractivity contribution in [3.63, 3.8) is 0 Å². The van der Waals surface area contributed by atoms with Crippen LogP contribution < -0.4 is 0 Å². The van der Waals surface area contributed by atoms with E-state index >= 15 is 0 Å². The fraction of sp³-hybridized carbons (Fsp3) is 0. The van der Waals surface area contributed by atoms with E-state index in [1.807, 2.05) is 42.7 Å². The number of pyridine rings is 1. The lowest BCUT2D eigenvalue weighted by Crippen LogP contribution is -1.96. The Balaban J connectivity index is 1.11. The summed E-state index contributed by atoms with van der Waals surface area (Å²) in [5.74, 6) is 0.681. The van der Waals surface area contributed by atoms with E-state index in [9.17, 15) is 0 Å². The van der Waals surface area contributed by atoms with Gasteiger partial charge >= 0.3 is 0 Å². The Morgan fingerprint density at radius 1 is 0.339 bits per heavy atom. The van der Waals surface area contributed by atoms with E-state index in [-0.39, 0.29) is 0 Å². The van der Waals surface area contributed by atoms with Crippen molar-refractivity contribution in [2.75, 3.05) is 0 Å². The quantitative estimate of drug-likeness (QED) is 0.178. The lowest BCUT2D eigenvalue weighted by atomic mass is 9.98. The zero-order chi connectivity index (χ0) is 36.7. The zero-order valence-electron chi connectivity index (χ0n) is 30.1. The van der Waals surface area contributed by atoms with Gasteiger partial charge in [-0.2, -0.15) is 0 Å². The van der Waals surface area contributed by atoms with Gasteiger partial charge in [-0.15, -0.1) is 0 Å². The van der Waals surface area contributed by atoms with E-state index in [0.717, 1.165) is 50.2 Å². The molecule has 5 heteroatoms. The molecule has 0 spiro atoms. The number of benzene rings is 7. The van der Waals surface area contributed by atoms with Crippen LogP contribution in [0.15, 0.2) is 188 Å². The number of nitrogens with zero attached hydrogens (tertiary/aromatic N) is 5. The molecule has 0 amide bonds. The second kappa shape index (κ2) is 11.9. The summed E-state index contributed by atoms with van der Waals surface area (Å²) >= 11 is 0. The Morgan fingerprint density at radius 2 is 0.857 bits per heavy atom. The maximum absolute atomic E-state index is 5.17. The predicted molar refractivity (Wildman–Crippen MR) is 231 cm³/mol. The molecule has 56 heavy (non-hydrogen) atoms. The molecular formula is C51H31N5. The van der Waals surface area contributed by atoms with E-state index in [2.05, 4.69) is 160 Å². The van der Waals surface area contributed by atoms with Crippen molar-refractivity contribution in [3.05, 3.63) is 188 Å². The van der Waals surface area contributed by atoms with Crippen LogP contribution in [0.4, 0.5) is 0 Å². The summed E-state index contributed by atoms with van der Waals surface area (Å²) in [4.78, 5) is 14.6. The smallest absolute Gasteiger partial charge is 0.160 e. The highest BCUT2D eigenvalue weighted by Gasteiger charge is 2.20. The molecule has 0 atom stereocenters. The van der Waals surface area contributed by atoms with Crippen LogP contribution in [0.3, 0.4) is 0 Å². The molecule has 0 aliphatic rings. The number of aromatic nitrogens is 5. The van der Waals surface area contributed by atoms with Crippen molar-refractivity contribution in [2.45, 2.75) is 0 Å². The Hall–Kier alpha value is -7.63. The molecule has 0 N–H and O–H groups in total. The van der Waals surface area contributed by atoms with Gasteiger partial charge in [-0.25, -0.2) is 9.97 Å². The first-order valence-electron chi connectivity index (χ1n) is 18.9. The van der Waals surface area contributed by atoms with Gasteiger partial charge in [0.1, 0.15) is 0 Å². The molecule has 0 aliphatic carbocycles. The Morgan fingerprint density at radius 3 is 1.50 bits per heavy atom. The molecule has 5 nitrogen and oxygen atoms in total. The summed E-state index contributed by atoms with van der Waals surface area (Å²) in [6.45, 7) is 0. The van der Waals surface area contributed by atoms with Crippen LogP contribution in [-0.2, 0) is 0 Å². The minimum atomic E-state index is 0.681. The van der Waals surface area contributed by atoms with Crippen LogP contribution in [0.25, 0.3) is 111 Å². The van der Waals surface area contributed by atoms with Crippen LogP contribution in [0.1, 0.15) is 0 Å². The Bertz CT molecular complexity index is 3310. The van der Waals surface area contributed by atoms with Gasteiger partial charge in [0.2, 0.25) is 0 Å². The Labute approximate surface area is 321 Å². The summed E-state index contributed by atoms with van der Waals surface area (Å²) in [7, 11) is 0. The molecule has 0 bridgehead atoms.